The molecule has 8 bridgehead atoms. The van der Waals surface area contributed by atoms with Crippen LogP contribution in [0.4, 0.5) is 0 Å². The van der Waals surface area contributed by atoms with Crippen molar-refractivity contribution in [3.05, 3.63) is 95.1 Å². The molecule has 7 amide bonds. The first-order valence-corrected chi connectivity index (χ1v) is 46.7. The predicted octanol–water partition coefficient (Wildman–Crippen LogP) is 16.3. The van der Waals surface area contributed by atoms with Crippen LogP contribution in [0.15, 0.2) is 72.8 Å². The minimum Gasteiger partial charge on any atom is -0.507 e. The number of phenolic OH excluding ortho intramolecular Hbond substituents is 4. The third-order valence-electron chi connectivity index (χ3n) is 25.0. The number of rotatable bonds is 50. The van der Waals surface area contributed by atoms with Gasteiger partial charge in [0.25, 0.3) is 0 Å². The summed E-state index contributed by atoms with van der Waals surface area (Å²) in [6, 6.07) is 14.0. The monoisotopic (exact) mass is 1740 g/mol. The Kier molecular flexibility index (Phi) is 48.1. The lowest BCUT2D eigenvalue weighted by atomic mass is 9.89. The van der Waals surface area contributed by atoms with E-state index in [1.165, 1.54) is 200 Å². The number of nitrogens with one attached hydrogen (secondary N) is 3. The molecule has 4 aromatic carbocycles. The summed E-state index contributed by atoms with van der Waals surface area (Å²) in [7, 11) is 5.98. The van der Waals surface area contributed by atoms with Crippen molar-refractivity contribution >= 4 is 70.3 Å². The number of unbranched alkanes of at least 4 members (excludes halogenated alkanes) is 24. The molecule has 6 rings (SSSR count). The van der Waals surface area contributed by atoms with E-state index in [1.54, 1.807) is 64.1 Å². The Labute approximate surface area is 744 Å². The second-order valence-corrected chi connectivity index (χ2v) is 35.7. The topological polar surface area (TPSA) is 375 Å². The third-order valence-corrected chi connectivity index (χ3v) is 25.0. The van der Waals surface area contributed by atoms with Gasteiger partial charge in [0.1, 0.15) is 58.7 Å². The summed E-state index contributed by atoms with van der Waals surface area (Å²) in [6.45, 7) is 13.9. The zero-order chi connectivity index (χ0) is 92.2. The molecular weight excluding hydrogens is 1590 g/mol. The Morgan fingerprint density at radius 2 is 0.704 bits per heavy atom. The van der Waals surface area contributed by atoms with Crippen LogP contribution in [0.2, 0.25) is 0 Å². The average molecular weight is 1740 g/mol. The molecule has 2 unspecified atom stereocenters. The molecule has 0 aromatic heterocycles. The van der Waals surface area contributed by atoms with Gasteiger partial charge in [-0.1, -0.05) is 220 Å². The fourth-order valence-electron chi connectivity index (χ4n) is 16.7. The Balaban J connectivity index is 0.000000444. The fraction of sp³-hybridized carbons (Fsp3) is 0.640. The molecule has 0 fully saturated rings. The molecule has 0 saturated carbocycles. The Bertz CT molecular complexity index is 4130. The van der Waals surface area contributed by atoms with Crippen LogP contribution in [0.1, 0.15) is 327 Å². The molecule has 125 heavy (non-hydrogen) atoms. The van der Waals surface area contributed by atoms with Crippen LogP contribution in [0.3, 0.4) is 0 Å². The molecule has 25 nitrogen and oxygen atoms in total. The quantitative estimate of drug-likeness (QED) is 0.0185. The SMILES string of the molecule is CCCCCCCCCCCCCCCC(=O)N(C)[C@H](CO)C(=O)CCC(C)C(=O)CCC(=O)N(C)[C@@H]1C(=O)C[C@@H](C)C(=O)N[C@H](C)Cc2ccc(O)c(c2)-c2cc1ccc2O.CCCCCCCCCCCCCCCC(=O)N(C)[C@H](CO)C(=O)NCCC(C)C(=O)CCC(=O)N(C)[C@@H]1C(=O)C[C@@H](C)C(=O)N[C@H](C)Cc2ccc(O)c(c2)-c2cc1ccc2O. The first-order valence-electron chi connectivity index (χ1n) is 46.7. The van der Waals surface area contributed by atoms with Crippen LogP contribution in [-0.4, -0.2) is 193 Å². The van der Waals surface area contributed by atoms with Gasteiger partial charge in [-0.2, -0.15) is 0 Å². The number of amides is 7. The van der Waals surface area contributed by atoms with Gasteiger partial charge < -0.3 is 66.2 Å². The number of carbonyl (C=O) groups excluding carboxylic acids is 12. The molecule has 4 aromatic rings. The van der Waals surface area contributed by atoms with Gasteiger partial charge in [0, 0.05) is 151 Å². The maximum absolute atomic E-state index is 14.0. The van der Waals surface area contributed by atoms with Crippen LogP contribution >= 0.6 is 0 Å². The van der Waals surface area contributed by atoms with E-state index in [2.05, 4.69) is 29.8 Å². The zero-order valence-electron chi connectivity index (χ0n) is 77.3. The number of fused-ring (bicyclic) bond motifs is 10. The highest BCUT2D eigenvalue weighted by Crippen LogP contribution is 2.42. The van der Waals surface area contributed by atoms with Crippen molar-refractivity contribution in [1.29, 1.82) is 0 Å². The molecule has 0 spiro atoms. The molecule has 2 aliphatic rings. The van der Waals surface area contributed by atoms with E-state index in [-0.39, 0.29) is 152 Å². The van der Waals surface area contributed by atoms with E-state index in [0.717, 1.165) is 62.5 Å². The first-order chi connectivity index (χ1) is 59.7. The zero-order valence-corrected chi connectivity index (χ0v) is 77.3. The summed E-state index contributed by atoms with van der Waals surface area (Å²) < 4.78 is 0. The molecule has 25 heteroatoms. The molecule has 0 radical (unpaired) electrons. The maximum atomic E-state index is 14.0. The van der Waals surface area contributed by atoms with E-state index in [0.29, 0.717) is 47.9 Å². The van der Waals surface area contributed by atoms with Crippen molar-refractivity contribution in [1.82, 2.24) is 35.6 Å². The number of carbonyl (C=O) groups is 12. The molecule has 0 aliphatic carbocycles. The number of Topliss-reactive ketones (excluding diaryl/α,β-unsaturated/α-hetero) is 5. The lowest BCUT2D eigenvalue weighted by Gasteiger charge is -2.29. The smallest absolute Gasteiger partial charge is 0.245 e. The number of aliphatic hydroxyl groups is 2. The highest BCUT2D eigenvalue weighted by Gasteiger charge is 2.37. The number of hydrogen-bond donors (Lipinski definition) is 9. The number of ketones is 5. The molecule has 9 N–H and O–H groups in total. The highest BCUT2D eigenvalue weighted by atomic mass is 16.3. The highest BCUT2D eigenvalue weighted by molar-refractivity contribution is 5.97. The number of aliphatic hydroxyl groups excluding tert-OH is 2. The van der Waals surface area contributed by atoms with Gasteiger partial charge >= 0.3 is 0 Å². The maximum Gasteiger partial charge on any atom is 0.245 e. The molecule has 10 atom stereocenters. The molecular formula is C100H151N7O18. The van der Waals surface area contributed by atoms with Crippen LogP contribution in [0.25, 0.3) is 22.3 Å². The van der Waals surface area contributed by atoms with Gasteiger partial charge in [-0.25, -0.2) is 0 Å². The van der Waals surface area contributed by atoms with E-state index >= 15 is 0 Å². The number of phenols is 4. The largest absolute Gasteiger partial charge is 0.507 e. The van der Waals surface area contributed by atoms with Gasteiger partial charge in [-0.05, 0) is 123 Å². The Morgan fingerprint density at radius 1 is 0.384 bits per heavy atom. The molecule has 2 heterocycles. The van der Waals surface area contributed by atoms with Crippen molar-refractivity contribution < 1.29 is 88.2 Å². The summed E-state index contributed by atoms with van der Waals surface area (Å²) in [5.74, 6) is -7.05. The fourth-order valence-corrected chi connectivity index (χ4v) is 16.7. The molecule has 0 saturated heterocycles. The minimum absolute atomic E-state index is 0.0227. The summed E-state index contributed by atoms with van der Waals surface area (Å²) in [4.78, 5) is 165. The van der Waals surface area contributed by atoms with Crippen molar-refractivity contribution in [2.45, 2.75) is 342 Å². The number of aromatic hydroxyl groups is 4. The van der Waals surface area contributed by atoms with Gasteiger partial charge in [-0.15, -0.1) is 0 Å². The second-order valence-electron chi connectivity index (χ2n) is 35.7. The number of benzene rings is 4. The normalized spacial score (nSPS) is 17.6. The number of nitrogens with zero attached hydrogens (tertiary/aromatic N) is 4. The van der Waals surface area contributed by atoms with E-state index < -0.39 is 90.3 Å². The molecule has 694 valence electrons. The minimum atomic E-state index is -1.16. The van der Waals surface area contributed by atoms with Crippen molar-refractivity contribution in [2.24, 2.45) is 23.7 Å². The number of likely N-dealkylation sites (N-methyl/N-ethyl adjacent to an activating group) is 4. The summed E-state index contributed by atoms with van der Waals surface area (Å²) in [5.41, 5.74) is 3.58. The van der Waals surface area contributed by atoms with Gasteiger partial charge in [0.05, 0.1) is 13.2 Å². The first kappa shape index (κ1) is 106. The standard InChI is InChI=1S/C50H76N4O9.C50H75N3O9/c1-7-8-9-10-11-12-13-14-15-16-17-18-19-20-46(60)53(5)41(33-55)50(63)51-28-27-34(2)42(56)25-26-47(61)54(6)48-38-22-24-44(58)40(32-38)39-31-37(21-23-43(39)57)30-36(4)52-49(62)35(3)29-45(48)59;1-7-8-9-10-11-12-13-14-15-16-17-18-19-20-47(60)52(5)41(33-54)45(58)24-21-34(2)42(55)27-28-48(61)53(6)49-38-23-26-44(57)40(32-38)39-31-37(22-25-43(39)56)30-36(4)51-50(62)35(3)29-46(49)59/h21-24,31-32,34-36,41,48,55,57-58H,7-20,25-30,33H2,1-6H3,(H,51,63)(H,52,62);22-23,25-26,31-32,34-36,41,49,54,56-57H,7-21,24,27-30,33H2,1-6H3,(H,51,62)/t34?,35-,36-,41-,48+;34?,35-,36-,41-,49+/m11/s1. The van der Waals surface area contributed by atoms with Gasteiger partial charge in [0.2, 0.25) is 41.4 Å². The predicted molar refractivity (Wildman–Crippen MR) is 488 cm³/mol. The molecule has 2 aliphatic heterocycles. The third kappa shape index (κ3) is 35.8. The number of hydrogen-bond acceptors (Lipinski definition) is 18. The van der Waals surface area contributed by atoms with Gasteiger partial charge in [0.15, 0.2) is 17.3 Å². The van der Waals surface area contributed by atoms with Crippen molar-refractivity contribution in [3.63, 3.8) is 0 Å². The summed E-state index contributed by atoms with van der Waals surface area (Å²) in [5, 5.41) is 72.1. The second kappa shape index (κ2) is 56.7. The average Bonchev–Trinajstić information content (AvgIpc) is 0.791. The van der Waals surface area contributed by atoms with Crippen molar-refractivity contribution in [2.75, 3.05) is 47.9 Å². The van der Waals surface area contributed by atoms with Crippen LogP contribution in [0, 0.1) is 23.7 Å². The van der Waals surface area contributed by atoms with E-state index in [9.17, 15) is 88.2 Å². The lowest BCUT2D eigenvalue weighted by molar-refractivity contribution is -0.140. The van der Waals surface area contributed by atoms with Crippen LogP contribution < -0.4 is 16.0 Å². The van der Waals surface area contributed by atoms with Crippen LogP contribution in [-0.2, 0) is 70.4 Å². The Hall–Kier alpha value is -9.36. The van der Waals surface area contributed by atoms with E-state index in [4.69, 9.17) is 0 Å². The lowest BCUT2D eigenvalue weighted by Crippen LogP contribution is -2.50. The van der Waals surface area contributed by atoms with Crippen molar-refractivity contribution in [3.8, 4) is 45.3 Å². The van der Waals surface area contributed by atoms with E-state index in [1.807, 2.05) is 13.8 Å². The van der Waals surface area contributed by atoms with Gasteiger partial charge in [-0.3, -0.25) is 57.5 Å². The summed E-state index contributed by atoms with van der Waals surface area (Å²) in [6.07, 6.45) is 32.1. The Morgan fingerprint density at radius 3 is 1.06 bits per heavy atom. The summed E-state index contributed by atoms with van der Waals surface area (Å²) >= 11 is 0. The van der Waals surface area contributed by atoms with Crippen LogP contribution in [0.5, 0.6) is 23.0 Å².